The van der Waals surface area contributed by atoms with Gasteiger partial charge in [-0.3, -0.25) is 9.59 Å². The van der Waals surface area contributed by atoms with Crippen molar-refractivity contribution in [2.75, 3.05) is 0 Å². The summed E-state index contributed by atoms with van der Waals surface area (Å²) in [6.07, 6.45) is -11.2. The minimum Gasteiger partial charge on any atom is -0.488 e. The van der Waals surface area contributed by atoms with Gasteiger partial charge in [0.25, 0.3) is 11.1 Å². The van der Waals surface area contributed by atoms with E-state index in [1.807, 2.05) is 0 Å². The van der Waals surface area contributed by atoms with Gasteiger partial charge < -0.3 is 9.30 Å². The molecule has 41 heavy (non-hydrogen) atoms. The molecule has 1 aromatic carbocycles. The number of H-pyrrole nitrogens is 1. The van der Waals surface area contributed by atoms with Gasteiger partial charge in [0, 0.05) is 25.0 Å². The van der Waals surface area contributed by atoms with E-state index in [9.17, 15) is 49.1 Å². The van der Waals surface area contributed by atoms with Crippen LogP contribution in [0, 0.1) is 11.6 Å². The number of hydrogen-bond acceptors (Lipinski definition) is 6. The summed E-state index contributed by atoms with van der Waals surface area (Å²) in [5, 5.41) is 3.88. The highest BCUT2D eigenvalue weighted by Gasteiger charge is 2.39. The Kier molecular flexibility index (Phi) is 7.82. The van der Waals surface area contributed by atoms with Crippen LogP contribution < -0.4 is 15.9 Å². The molecule has 4 aromatic rings. The summed E-state index contributed by atoms with van der Waals surface area (Å²) in [6, 6.07) is 2.07. The fraction of sp³-hybridized carbons (Fsp3) is 0.292. The number of nitrogens with one attached hydrogen (secondary N) is 1. The van der Waals surface area contributed by atoms with E-state index >= 15 is 0 Å². The van der Waals surface area contributed by atoms with Crippen LogP contribution in [0.3, 0.4) is 0 Å². The first kappa shape index (κ1) is 29.5. The molecule has 3 aromatic heterocycles. The Morgan fingerprint density at radius 2 is 1.66 bits per heavy atom. The molecular weight excluding hydrogens is 577 g/mol. The van der Waals surface area contributed by atoms with Crippen molar-refractivity contribution in [3.05, 3.63) is 80.4 Å². The summed E-state index contributed by atoms with van der Waals surface area (Å²) in [5.41, 5.74) is -6.24. The molecule has 2 atom stereocenters. The highest BCUT2D eigenvalue weighted by atomic mass is 19.4. The average Bonchev–Trinajstić information content (AvgIpc) is 2.86. The maximum absolute atomic E-state index is 14.9. The van der Waals surface area contributed by atoms with Crippen LogP contribution in [0.5, 0.6) is 5.75 Å². The Morgan fingerprint density at radius 1 is 1.00 bits per heavy atom. The van der Waals surface area contributed by atoms with E-state index in [0.717, 1.165) is 18.3 Å². The number of halogens is 9. The molecule has 4 rings (SSSR count). The standard InChI is InChI=1S/C24H16F9N5O3/c1-10(41-15-8-36-37-21(39)17(15)24(31,32)33)4-13(25)9-38-3-2-11-5-14(18(26)19(27)16(11)22(38)40)20-34-6-12(7-35-20)23(28,29)30/h2-3,5-8,10,13H,4,9H2,1H3,(H,37,39)/t10-,13+/m0/s1. The van der Waals surface area contributed by atoms with Crippen molar-refractivity contribution in [3.8, 4) is 17.1 Å². The molecule has 0 aliphatic rings. The smallest absolute Gasteiger partial charge is 0.425 e. The molecule has 0 saturated carbocycles. The molecule has 3 heterocycles. The predicted molar refractivity (Wildman–Crippen MR) is 124 cm³/mol. The molecule has 218 valence electrons. The molecule has 0 fully saturated rings. The molecule has 8 nitrogen and oxygen atoms in total. The third-order valence-corrected chi connectivity index (χ3v) is 5.78. The Hall–Kier alpha value is -4.44. The Balaban J connectivity index is 1.56. The molecule has 0 aliphatic heterocycles. The maximum atomic E-state index is 14.9. The number of ether oxygens (including phenoxy) is 1. The van der Waals surface area contributed by atoms with Gasteiger partial charge in [0.05, 0.1) is 35.4 Å². The minimum atomic E-state index is -5.09. The zero-order chi connectivity index (χ0) is 30.3. The third kappa shape index (κ3) is 6.17. The normalized spacial score (nSPS) is 13.8. The lowest BCUT2D eigenvalue weighted by molar-refractivity contribution is -0.140. The van der Waals surface area contributed by atoms with Crippen molar-refractivity contribution in [1.29, 1.82) is 0 Å². The zero-order valence-electron chi connectivity index (χ0n) is 20.4. The molecule has 0 aliphatic carbocycles. The number of aromatic amines is 1. The number of alkyl halides is 7. The molecule has 17 heteroatoms. The lowest BCUT2D eigenvalue weighted by Crippen LogP contribution is -2.29. The molecule has 0 unspecified atom stereocenters. The van der Waals surface area contributed by atoms with Gasteiger partial charge in [-0.2, -0.15) is 31.4 Å². The zero-order valence-corrected chi connectivity index (χ0v) is 20.4. The second kappa shape index (κ2) is 10.9. The van der Waals surface area contributed by atoms with Crippen LogP contribution in [0.15, 0.2) is 46.5 Å². The van der Waals surface area contributed by atoms with Crippen molar-refractivity contribution in [3.63, 3.8) is 0 Å². The van der Waals surface area contributed by atoms with Gasteiger partial charge in [-0.05, 0) is 24.4 Å². The van der Waals surface area contributed by atoms with Gasteiger partial charge in [-0.1, -0.05) is 0 Å². The Labute approximate surface area is 222 Å². The van der Waals surface area contributed by atoms with Crippen molar-refractivity contribution in [2.45, 2.75) is 44.5 Å². The van der Waals surface area contributed by atoms with Crippen molar-refractivity contribution in [1.82, 2.24) is 24.7 Å². The highest BCUT2D eigenvalue weighted by molar-refractivity contribution is 5.86. The van der Waals surface area contributed by atoms with Crippen LogP contribution in [0.2, 0.25) is 0 Å². The summed E-state index contributed by atoms with van der Waals surface area (Å²) in [5.74, 6) is -4.82. The van der Waals surface area contributed by atoms with E-state index in [-0.39, 0.29) is 5.39 Å². The molecule has 0 bridgehead atoms. The van der Waals surface area contributed by atoms with Crippen LogP contribution in [-0.4, -0.2) is 37.0 Å². The van der Waals surface area contributed by atoms with Gasteiger partial charge in [0.15, 0.2) is 28.8 Å². The van der Waals surface area contributed by atoms with Crippen molar-refractivity contribution < 1.29 is 44.3 Å². The lowest BCUT2D eigenvalue weighted by atomic mass is 10.1. The number of fused-ring (bicyclic) bond motifs is 1. The fourth-order valence-electron chi connectivity index (χ4n) is 3.95. The second-order valence-electron chi connectivity index (χ2n) is 8.78. The second-order valence-corrected chi connectivity index (χ2v) is 8.78. The molecular formula is C24H16F9N5O3. The molecule has 0 amide bonds. The monoisotopic (exact) mass is 593 g/mol. The van der Waals surface area contributed by atoms with Gasteiger partial charge in [-0.15, -0.1) is 0 Å². The Morgan fingerprint density at radius 3 is 2.27 bits per heavy atom. The van der Waals surface area contributed by atoms with Crippen LogP contribution in [0.1, 0.15) is 24.5 Å². The SMILES string of the molecule is C[C@@H](C[C@@H](F)Cn1ccc2cc(-c3ncc(C(F)(F)F)cn3)c(F)c(F)c2c1=O)Oc1cn[nH]c(=O)c1C(F)(F)F. The Bertz CT molecular complexity index is 1700. The average molecular weight is 593 g/mol. The first-order valence-electron chi connectivity index (χ1n) is 11.4. The summed E-state index contributed by atoms with van der Waals surface area (Å²) >= 11 is 0. The first-order valence-corrected chi connectivity index (χ1v) is 11.4. The number of hydrogen-bond donors (Lipinski definition) is 1. The third-order valence-electron chi connectivity index (χ3n) is 5.78. The van der Waals surface area contributed by atoms with E-state index in [0.29, 0.717) is 23.2 Å². The molecule has 1 N–H and O–H groups in total. The highest BCUT2D eigenvalue weighted by Crippen LogP contribution is 2.34. The van der Waals surface area contributed by atoms with Gasteiger partial charge in [0.2, 0.25) is 0 Å². The lowest BCUT2D eigenvalue weighted by Gasteiger charge is -2.19. The first-order chi connectivity index (χ1) is 19.1. The summed E-state index contributed by atoms with van der Waals surface area (Å²) in [6.45, 7) is 0.476. The maximum Gasteiger partial charge on any atom is 0.425 e. The summed E-state index contributed by atoms with van der Waals surface area (Å²) < 4.78 is 128. The van der Waals surface area contributed by atoms with E-state index in [4.69, 9.17) is 4.74 Å². The molecule has 0 spiro atoms. The topological polar surface area (TPSA) is 103 Å². The van der Waals surface area contributed by atoms with Crippen LogP contribution >= 0.6 is 0 Å². The van der Waals surface area contributed by atoms with E-state index in [1.54, 1.807) is 5.10 Å². The van der Waals surface area contributed by atoms with E-state index < -0.39 is 94.0 Å². The summed E-state index contributed by atoms with van der Waals surface area (Å²) in [7, 11) is 0. The quantitative estimate of drug-likeness (QED) is 0.301. The minimum absolute atomic E-state index is 0.183. The fourth-order valence-corrected chi connectivity index (χ4v) is 3.95. The van der Waals surface area contributed by atoms with Gasteiger partial charge in [-0.25, -0.2) is 28.2 Å². The number of benzene rings is 1. The van der Waals surface area contributed by atoms with Gasteiger partial charge in [0.1, 0.15) is 6.17 Å². The molecule has 0 radical (unpaired) electrons. The largest absolute Gasteiger partial charge is 0.488 e. The number of pyridine rings is 1. The number of rotatable bonds is 7. The van der Waals surface area contributed by atoms with Crippen LogP contribution in [-0.2, 0) is 18.9 Å². The number of aromatic nitrogens is 5. The van der Waals surface area contributed by atoms with E-state index in [1.165, 1.54) is 6.92 Å². The van der Waals surface area contributed by atoms with Crippen LogP contribution in [0.25, 0.3) is 22.2 Å². The van der Waals surface area contributed by atoms with E-state index in [2.05, 4.69) is 15.1 Å². The van der Waals surface area contributed by atoms with Crippen molar-refractivity contribution >= 4 is 10.8 Å². The van der Waals surface area contributed by atoms with Gasteiger partial charge >= 0.3 is 12.4 Å². The summed E-state index contributed by atoms with van der Waals surface area (Å²) in [4.78, 5) is 31.2. The molecule has 0 saturated heterocycles. The van der Waals surface area contributed by atoms with Crippen LogP contribution in [0.4, 0.5) is 39.5 Å². The predicted octanol–water partition coefficient (Wildman–Crippen LogP) is 5.05. The number of nitrogens with zero attached hydrogens (tertiary/aromatic N) is 4. The van der Waals surface area contributed by atoms with Crippen molar-refractivity contribution in [2.24, 2.45) is 0 Å².